The van der Waals surface area contributed by atoms with Gasteiger partial charge in [0.15, 0.2) is 11.6 Å². The molecule has 2 heterocycles. The summed E-state index contributed by atoms with van der Waals surface area (Å²) in [4.78, 5) is 31.8. The van der Waals surface area contributed by atoms with Gasteiger partial charge in [-0.25, -0.2) is 9.37 Å². The third kappa shape index (κ3) is 3.08. The number of thiophene rings is 1. The van der Waals surface area contributed by atoms with Crippen LogP contribution in [0.1, 0.15) is 20.8 Å². The molecule has 0 aliphatic rings. The van der Waals surface area contributed by atoms with E-state index in [1.165, 1.54) is 46.4 Å². The van der Waals surface area contributed by atoms with Crippen molar-refractivity contribution in [3.05, 3.63) is 56.7 Å². The largest absolute Gasteiger partial charge is 0.494 e. The first-order valence-electron chi connectivity index (χ1n) is 7.86. The lowest BCUT2D eigenvalue weighted by Gasteiger charge is -2.17. The monoisotopic (exact) mass is 375 g/mol. The van der Waals surface area contributed by atoms with Crippen LogP contribution in [0, 0.1) is 12.7 Å². The van der Waals surface area contributed by atoms with Gasteiger partial charge in [-0.3, -0.25) is 9.59 Å². The van der Waals surface area contributed by atoms with Crippen molar-refractivity contribution in [2.45, 2.75) is 13.5 Å². The Balaban J connectivity index is 1.90. The first kappa shape index (κ1) is 18.1. The van der Waals surface area contributed by atoms with Gasteiger partial charge in [0.25, 0.3) is 11.5 Å². The molecule has 8 heteroatoms. The molecule has 3 rings (SSSR count). The van der Waals surface area contributed by atoms with Crippen molar-refractivity contribution in [1.29, 1.82) is 0 Å². The number of fused-ring (bicyclic) bond motifs is 1. The van der Waals surface area contributed by atoms with E-state index in [9.17, 15) is 14.0 Å². The van der Waals surface area contributed by atoms with Crippen LogP contribution in [-0.2, 0) is 13.6 Å². The Morgan fingerprint density at radius 1 is 1.42 bits per heavy atom. The van der Waals surface area contributed by atoms with Crippen LogP contribution < -0.4 is 10.3 Å². The van der Waals surface area contributed by atoms with Crippen LogP contribution in [0.15, 0.2) is 29.3 Å². The molecule has 0 fully saturated rings. The van der Waals surface area contributed by atoms with Crippen LogP contribution in [-0.4, -0.2) is 34.5 Å². The SMILES string of the molecule is COc1ccc(CN(C)C(=O)c2sc3ncn(C)c(=O)c3c2C)cc1F. The summed E-state index contributed by atoms with van der Waals surface area (Å²) in [5.41, 5.74) is 1.09. The van der Waals surface area contributed by atoms with Crippen molar-refractivity contribution in [2.75, 3.05) is 14.2 Å². The second-order valence-electron chi connectivity index (χ2n) is 6.03. The molecule has 1 aromatic carbocycles. The average molecular weight is 375 g/mol. The molecule has 0 unspecified atom stereocenters. The second kappa shape index (κ2) is 6.87. The number of carbonyl (C=O) groups is 1. The van der Waals surface area contributed by atoms with Gasteiger partial charge < -0.3 is 14.2 Å². The van der Waals surface area contributed by atoms with Gasteiger partial charge in [0, 0.05) is 20.6 Å². The fourth-order valence-corrected chi connectivity index (χ4v) is 3.87. The Labute approximate surface area is 153 Å². The normalized spacial score (nSPS) is 11.0. The van der Waals surface area contributed by atoms with Gasteiger partial charge in [-0.15, -0.1) is 11.3 Å². The molecule has 0 atom stereocenters. The summed E-state index contributed by atoms with van der Waals surface area (Å²) in [5, 5.41) is 0.465. The Bertz CT molecular complexity index is 1060. The summed E-state index contributed by atoms with van der Waals surface area (Å²) in [5.74, 6) is -0.551. The van der Waals surface area contributed by atoms with Crippen LogP contribution in [0.3, 0.4) is 0 Å². The summed E-state index contributed by atoms with van der Waals surface area (Å²) in [7, 11) is 4.66. The molecular weight excluding hydrogens is 357 g/mol. The van der Waals surface area contributed by atoms with Gasteiger partial charge in [-0.2, -0.15) is 0 Å². The van der Waals surface area contributed by atoms with E-state index in [0.717, 1.165) is 0 Å². The van der Waals surface area contributed by atoms with Crippen molar-refractivity contribution in [3.63, 3.8) is 0 Å². The highest BCUT2D eigenvalue weighted by molar-refractivity contribution is 7.20. The van der Waals surface area contributed by atoms with Crippen molar-refractivity contribution < 1.29 is 13.9 Å². The highest BCUT2D eigenvalue weighted by Crippen LogP contribution is 2.28. The van der Waals surface area contributed by atoms with E-state index in [1.54, 1.807) is 27.1 Å². The standard InChI is InChI=1S/C18H18FN3O3S/c1-10-14-16(20-9-22(3)17(14)23)26-15(10)18(24)21(2)8-11-5-6-13(25-4)12(19)7-11/h5-7,9H,8H2,1-4H3. The quantitative estimate of drug-likeness (QED) is 0.703. The van der Waals surface area contributed by atoms with Crippen LogP contribution >= 0.6 is 11.3 Å². The minimum Gasteiger partial charge on any atom is -0.494 e. The number of methoxy groups -OCH3 is 1. The van der Waals surface area contributed by atoms with E-state index >= 15 is 0 Å². The molecule has 0 radical (unpaired) electrons. The predicted octanol–water partition coefficient (Wildman–Crippen LogP) is 2.72. The molecule has 0 aliphatic heterocycles. The molecule has 26 heavy (non-hydrogen) atoms. The average Bonchev–Trinajstić information content (AvgIpc) is 2.95. The number of rotatable bonds is 4. The fraction of sp³-hybridized carbons (Fsp3) is 0.278. The number of halogens is 1. The Kier molecular flexibility index (Phi) is 4.78. The molecule has 1 amide bonds. The van der Waals surface area contributed by atoms with E-state index in [2.05, 4.69) is 4.98 Å². The molecular formula is C18H18FN3O3S. The lowest BCUT2D eigenvalue weighted by Crippen LogP contribution is -2.26. The van der Waals surface area contributed by atoms with Crippen molar-refractivity contribution in [3.8, 4) is 5.75 Å². The molecule has 136 valence electrons. The summed E-state index contributed by atoms with van der Waals surface area (Å²) >= 11 is 1.19. The lowest BCUT2D eigenvalue weighted by atomic mass is 10.1. The van der Waals surface area contributed by atoms with E-state index < -0.39 is 5.82 Å². The van der Waals surface area contributed by atoms with Crippen molar-refractivity contribution in [2.24, 2.45) is 7.05 Å². The minimum absolute atomic E-state index is 0.157. The third-order valence-corrected chi connectivity index (χ3v) is 5.38. The first-order chi connectivity index (χ1) is 12.3. The zero-order valence-corrected chi connectivity index (χ0v) is 15.7. The summed E-state index contributed by atoms with van der Waals surface area (Å²) < 4.78 is 20.1. The number of carbonyl (C=O) groups excluding carboxylic acids is 1. The van der Waals surface area contributed by atoms with E-state index in [-0.39, 0.29) is 23.8 Å². The molecule has 0 spiro atoms. The number of aryl methyl sites for hydroxylation is 2. The van der Waals surface area contributed by atoms with Gasteiger partial charge in [-0.1, -0.05) is 6.07 Å². The summed E-state index contributed by atoms with van der Waals surface area (Å²) in [6.07, 6.45) is 1.44. The maximum Gasteiger partial charge on any atom is 0.264 e. The predicted molar refractivity (Wildman–Crippen MR) is 98.3 cm³/mol. The summed E-state index contributed by atoms with van der Waals surface area (Å²) in [6, 6.07) is 4.58. The molecule has 0 bridgehead atoms. The van der Waals surface area contributed by atoms with Gasteiger partial charge in [0.05, 0.1) is 23.7 Å². The molecule has 0 saturated carbocycles. The van der Waals surface area contributed by atoms with E-state index in [0.29, 0.717) is 26.2 Å². The van der Waals surface area contributed by atoms with Crippen LogP contribution in [0.4, 0.5) is 4.39 Å². The minimum atomic E-state index is -0.475. The zero-order chi connectivity index (χ0) is 19.0. The number of amides is 1. The van der Waals surface area contributed by atoms with Crippen molar-refractivity contribution >= 4 is 27.5 Å². The maximum atomic E-state index is 13.8. The highest BCUT2D eigenvalue weighted by atomic mass is 32.1. The van der Waals surface area contributed by atoms with Crippen molar-refractivity contribution in [1.82, 2.24) is 14.5 Å². The zero-order valence-electron chi connectivity index (χ0n) is 14.9. The number of ether oxygens (including phenoxy) is 1. The van der Waals surface area contributed by atoms with Gasteiger partial charge in [0.1, 0.15) is 4.83 Å². The lowest BCUT2D eigenvalue weighted by molar-refractivity contribution is 0.0789. The maximum absolute atomic E-state index is 13.8. The smallest absolute Gasteiger partial charge is 0.264 e. The molecule has 0 aliphatic carbocycles. The van der Waals surface area contributed by atoms with Crippen LogP contribution in [0.5, 0.6) is 5.75 Å². The number of nitrogens with zero attached hydrogens (tertiary/aromatic N) is 3. The molecule has 6 nitrogen and oxygen atoms in total. The second-order valence-corrected chi connectivity index (χ2v) is 7.03. The van der Waals surface area contributed by atoms with Crippen LogP contribution in [0.25, 0.3) is 10.2 Å². The number of hydrogen-bond acceptors (Lipinski definition) is 5. The van der Waals surface area contributed by atoms with Gasteiger partial charge >= 0.3 is 0 Å². The van der Waals surface area contributed by atoms with E-state index in [1.807, 2.05) is 0 Å². The Morgan fingerprint density at radius 3 is 2.81 bits per heavy atom. The Hall–Kier alpha value is -2.74. The topological polar surface area (TPSA) is 64.4 Å². The number of benzene rings is 1. The summed E-state index contributed by atoms with van der Waals surface area (Å²) in [6.45, 7) is 1.98. The van der Waals surface area contributed by atoms with E-state index in [4.69, 9.17) is 4.74 Å². The molecule has 3 aromatic rings. The first-order valence-corrected chi connectivity index (χ1v) is 8.67. The van der Waals surface area contributed by atoms with Gasteiger partial charge in [0.2, 0.25) is 0 Å². The number of aromatic nitrogens is 2. The van der Waals surface area contributed by atoms with Gasteiger partial charge in [-0.05, 0) is 30.2 Å². The molecule has 2 aromatic heterocycles. The molecule has 0 N–H and O–H groups in total. The third-order valence-electron chi connectivity index (χ3n) is 4.19. The number of hydrogen-bond donors (Lipinski definition) is 0. The van der Waals surface area contributed by atoms with Crippen LogP contribution in [0.2, 0.25) is 0 Å². The highest BCUT2D eigenvalue weighted by Gasteiger charge is 2.22. The fourth-order valence-electron chi connectivity index (χ4n) is 2.74. The Morgan fingerprint density at radius 2 is 2.15 bits per heavy atom. The molecule has 0 saturated heterocycles.